The SMILES string of the molecule is COc1ccccc1CCNC[C@@H]1C(=O)O[C@@H]2C[C@@]3(C)CCC[C@]4(CO4)[C@H]3C[C@H]12. The van der Waals surface area contributed by atoms with E-state index in [2.05, 4.69) is 18.3 Å². The quantitative estimate of drug-likeness (QED) is 0.452. The lowest BCUT2D eigenvalue weighted by molar-refractivity contribution is -0.147. The lowest BCUT2D eigenvalue weighted by atomic mass is 9.53. The molecule has 0 bridgehead atoms. The molecule has 29 heavy (non-hydrogen) atoms. The van der Waals surface area contributed by atoms with Crippen molar-refractivity contribution in [2.24, 2.45) is 23.2 Å². The van der Waals surface area contributed by atoms with Gasteiger partial charge in [0.1, 0.15) is 11.9 Å². The fraction of sp³-hybridized carbons (Fsp3) is 0.708. The highest BCUT2D eigenvalue weighted by atomic mass is 16.6. The number of hydrogen-bond donors (Lipinski definition) is 1. The van der Waals surface area contributed by atoms with Crippen molar-refractivity contribution in [1.82, 2.24) is 5.32 Å². The van der Waals surface area contributed by atoms with E-state index >= 15 is 0 Å². The van der Waals surface area contributed by atoms with Crippen molar-refractivity contribution in [1.29, 1.82) is 0 Å². The second-order valence-corrected chi connectivity index (χ2v) is 9.87. The molecule has 1 aromatic carbocycles. The summed E-state index contributed by atoms with van der Waals surface area (Å²) < 4.78 is 17.3. The number of para-hydroxylation sites is 1. The third-order valence-corrected chi connectivity index (χ3v) is 8.21. The average Bonchev–Trinajstić information content (AvgIpc) is 3.41. The van der Waals surface area contributed by atoms with E-state index < -0.39 is 0 Å². The predicted octanol–water partition coefficient (Wildman–Crippen LogP) is 3.35. The van der Waals surface area contributed by atoms with Crippen LogP contribution in [0.5, 0.6) is 5.75 Å². The topological polar surface area (TPSA) is 60.1 Å². The van der Waals surface area contributed by atoms with Crippen LogP contribution in [0.4, 0.5) is 0 Å². The highest BCUT2D eigenvalue weighted by molar-refractivity contribution is 5.75. The number of carbonyl (C=O) groups is 1. The number of ether oxygens (including phenoxy) is 3. The van der Waals surface area contributed by atoms with Gasteiger partial charge in [-0.15, -0.1) is 0 Å². The summed E-state index contributed by atoms with van der Waals surface area (Å²) in [7, 11) is 1.71. The molecule has 2 saturated heterocycles. The number of esters is 1. The van der Waals surface area contributed by atoms with Crippen molar-refractivity contribution in [2.45, 2.75) is 57.2 Å². The highest BCUT2D eigenvalue weighted by Crippen LogP contribution is 2.62. The molecule has 4 aliphatic rings. The Balaban J connectivity index is 1.21. The maximum atomic E-state index is 12.7. The third kappa shape index (κ3) is 3.36. The third-order valence-electron chi connectivity index (χ3n) is 8.21. The van der Waals surface area contributed by atoms with Crippen molar-refractivity contribution >= 4 is 5.97 Å². The van der Waals surface area contributed by atoms with Crippen LogP contribution in [0.3, 0.4) is 0 Å². The molecule has 158 valence electrons. The molecule has 1 aromatic rings. The number of epoxide rings is 1. The summed E-state index contributed by atoms with van der Waals surface area (Å²) >= 11 is 0. The summed E-state index contributed by atoms with van der Waals surface area (Å²) in [5.41, 5.74) is 1.58. The Hall–Kier alpha value is -1.59. The van der Waals surface area contributed by atoms with Crippen LogP contribution in [0.2, 0.25) is 0 Å². The summed E-state index contributed by atoms with van der Waals surface area (Å²) in [6.45, 7) is 4.85. The highest BCUT2D eigenvalue weighted by Gasteiger charge is 2.64. The molecule has 5 heteroatoms. The standard InChI is InChI=1S/C24H33NO4/c1-23-9-5-10-24(15-28-24)21(23)12-17-18(22(26)29-20(17)13-23)14-25-11-8-16-6-3-4-7-19(16)27-2/h3-4,6-7,17-18,20-21,25H,5,8-15H2,1-2H3/t17-,18+,20-,21+,23-,24+/m1/s1. The number of fused-ring (bicyclic) bond motifs is 3. The van der Waals surface area contributed by atoms with Crippen LogP contribution >= 0.6 is 0 Å². The first-order valence-electron chi connectivity index (χ1n) is 11.2. The normalized spacial score (nSPS) is 40.3. The molecule has 1 N–H and O–H groups in total. The second kappa shape index (κ2) is 7.28. The molecular weight excluding hydrogens is 366 g/mol. The Bertz CT molecular complexity index is 776. The van der Waals surface area contributed by atoms with Gasteiger partial charge < -0.3 is 19.5 Å². The van der Waals surface area contributed by atoms with E-state index in [1.54, 1.807) is 7.11 Å². The van der Waals surface area contributed by atoms with Crippen molar-refractivity contribution in [2.75, 3.05) is 26.8 Å². The molecule has 2 heterocycles. The molecule has 6 atom stereocenters. The van der Waals surface area contributed by atoms with Crippen LogP contribution in [-0.2, 0) is 20.7 Å². The maximum Gasteiger partial charge on any atom is 0.310 e. The summed E-state index contributed by atoms with van der Waals surface area (Å²) in [5, 5.41) is 3.52. The Morgan fingerprint density at radius 1 is 1.28 bits per heavy atom. The van der Waals surface area contributed by atoms with E-state index in [1.165, 1.54) is 24.8 Å². The van der Waals surface area contributed by atoms with Crippen molar-refractivity contribution < 1.29 is 19.0 Å². The van der Waals surface area contributed by atoms with E-state index in [4.69, 9.17) is 14.2 Å². The molecule has 5 rings (SSSR count). The lowest BCUT2D eigenvalue weighted by Gasteiger charge is -2.51. The minimum Gasteiger partial charge on any atom is -0.496 e. The predicted molar refractivity (Wildman–Crippen MR) is 110 cm³/mol. The minimum absolute atomic E-state index is 0.00203. The van der Waals surface area contributed by atoms with Gasteiger partial charge in [0.15, 0.2) is 0 Å². The Morgan fingerprint density at radius 2 is 2.10 bits per heavy atom. The zero-order chi connectivity index (χ0) is 20.1. The van der Waals surface area contributed by atoms with E-state index in [0.717, 1.165) is 38.2 Å². The molecule has 0 amide bonds. The van der Waals surface area contributed by atoms with Gasteiger partial charge in [0.05, 0.1) is 25.2 Å². The van der Waals surface area contributed by atoms with Gasteiger partial charge in [-0.25, -0.2) is 0 Å². The van der Waals surface area contributed by atoms with Gasteiger partial charge in [0, 0.05) is 12.5 Å². The fourth-order valence-corrected chi connectivity index (χ4v) is 6.58. The van der Waals surface area contributed by atoms with Crippen LogP contribution in [0.25, 0.3) is 0 Å². The molecule has 0 radical (unpaired) electrons. The van der Waals surface area contributed by atoms with Gasteiger partial charge in [-0.3, -0.25) is 4.79 Å². The second-order valence-electron chi connectivity index (χ2n) is 9.87. The number of rotatable bonds is 6. The number of methoxy groups -OCH3 is 1. The van der Waals surface area contributed by atoms with E-state index in [9.17, 15) is 4.79 Å². The van der Waals surface area contributed by atoms with E-state index in [-0.39, 0.29) is 29.0 Å². The van der Waals surface area contributed by atoms with Gasteiger partial charge >= 0.3 is 5.97 Å². The van der Waals surface area contributed by atoms with Gasteiger partial charge in [0.2, 0.25) is 0 Å². The molecule has 0 unspecified atom stereocenters. The Morgan fingerprint density at radius 3 is 2.90 bits per heavy atom. The largest absolute Gasteiger partial charge is 0.496 e. The molecule has 2 aliphatic heterocycles. The van der Waals surface area contributed by atoms with Crippen LogP contribution in [-0.4, -0.2) is 44.5 Å². The Labute approximate surface area is 173 Å². The van der Waals surface area contributed by atoms with Crippen LogP contribution in [0.1, 0.15) is 44.6 Å². The molecule has 2 saturated carbocycles. The van der Waals surface area contributed by atoms with E-state index in [1.807, 2.05) is 18.2 Å². The molecule has 0 aromatic heterocycles. The first kappa shape index (κ1) is 19.4. The lowest BCUT2D eigenvalue weighted by Crippen LogP contribution is -2.51. The van der Waals surface area contributed by atoms with Crippen molar-refractivity contribution in [3.05, 3.63) is 29.8 Å². The number of hydrogen-bond acceptors (Lipinski definition) is 5. The van der Waals surface area contributed by atoms with E-state index in [0.29, 0.717) is 18.4 Å². The summed E-state index contributed by atoms with van der Waals surface area (Å²) in [6.07, 6.45) is 6.75. The zero-order valence-corrected chi connectivity index (χ0v) is 17.6. The van der Waals surface area contributed by atoms with Crippen molar-refractivity contribution in [3.63, 3.8) is 0 Å². The zero-order valence-electron chi connectivity index (χ0n) is 17.6. The average molecular weight is 400 g/mol. The number of nitrogens with one attached hydrogen (secondary N) is 1. The maximum absolute atomic E-state index is 12.7. The van der Waals surface area contributed by atoms with Crippen molar-refractivity contribution in [3.8, 4) is 5.75 Å². The summed E-state index contributed by atoms with van der Waals surface area (Å²) in [5.74, 6) is 1.81. The summed E-state index contributed by atoms with van der Waals surface area (Å²) in [4.78, 5) is 12.7. The monoisotopic (exact) mass is 399 g/mol. The molecule has 5 nitrogen and oxygen atoms in total. The molecule has 1 spiro atoms. The van der Waals surface area contributed by atoms with Crippen LogP contribution in [0, 0.1) is 23.2 Å². The molecule has 4 fully saturated rings. The van der Waals surface area contributed by atoms with Crippen LogP contribution < -0.4 is 10.1 Å². The van der Waals surface area contributed by atoms with Gasteiger partial charge in [-0.1, -0.05) is 25.1 Å². The molecule has 2 aliphatic carbocycles. The minimum atomic E-state index is -0.0278. The summed E-state index contributed by atoms with van der Waals surface area (Å²) in [6, 6.07) is 8.12. The first-order valence-corrected chi connectivity index (χ1v) is 11.2. The van der Waals surface area contributed by atoms with Gasteiger partial charge in [0.25, 0.3) is 0 Å². The van der Waals surface area contributed by atoms with Crippen LogP contribution in [0.15, 0.2) is 24.3 Å². The Kier molecular flexibility index (Phi) is 4.86. The smallest absolute Gasteiger partial charge is 0.310 e. The first-order chi connectivity index (χ1) is 14.0. The van der Waals surface area contributed by atoms with Gasteiger partial charge in [-0.05, 0) is 68.0 Å². The van der Waals surface area contributed by atoms with Gasteiger partial charge in [-0.2, -0.15) is 0 Å². The number of carbonyl (C=O) groups excluding carboxylic acids is 1. The number of benzene rings is 1. The fourth-order valence-electron chi connectivity index (χ4n) is 6.58. The molecular formula is C24H33NO4.